The van der Waals surface area contributed by atoms with Gasteiger partial charge in [-0.2, -0.15) is 0 Å². The lowest BCUT2D eigenvalue weighted by Crippen LogP contribution is -2.19. The Bertz CT molecular complexity index is 613. The zero-order valence-electron chi connectivity index (χ0n) is 11.9. The lowest BCUT2D eigenvalue weighted by molar-refractivity contribution is 0.109. The van der Waals surface area contributed by atoms with Crippen LogP contribution in [0.25, 0.3) is 11.4 Å². The number of thioether (sulfide) groups is 1. The highest BCUT2D eigenvalue weighted by molar-refractivity contribution is 7.99. The highest BCUT2D eigenvalue weighted by Crippen LogP contribution is 2.27. The summed E-state index contributed by atoms with van der Waals surface area (Å²) in [5, 5.41) is 0. The Morgan fingerprint density at radius 1 is 1.29 bits per heavy atom. The number of benzene rings is 1. The number of nitrogen functional groups attached to an aromatic ring is 1. The average Bonchev–Trinajstić information content (AvgIpc) is 2.55. The van der Waals surface area contributed by atoms with Crippen LogP contribution >= 0.6 is 11.8 Å². The minimum atomic E-state index is 0.515. The topological polar surface area (TPSA) is 73.1 Å². The predicted octanol–water partition coefficient (Wildman–Crippen LogP) is 2.61. The third kappa shape index (κ3) is 3.02. The summed E-state index contributed by atoms with van der Waals surface area (Å²) < 4.78 is 5.45. The molecule has 5 nitrogen and oxygen atoms in total. The Kier molecular flexibility index (Phi) is 4.38. The molecule has 1 aliphatic heterocycles. The van der Waals surface area contributed by atoms with Crippen molar-refractivity contribution in [3.8, 4) is 11.4 Å². The van der Waals surface area contributed by atoms with E-state index < -0.39 is 0 Å². The number of nitrogens with two attached hydrogens (primary N) is 1. The smallest absolute Gasteiger partial charge is 0.161 e. The van der Waals surface area contributed by atoms with Crippen LogP contribution in [0.4, 0.5) is 5.82 Å². The van der Waals surface area contributed by atoms with Gasteiger partial charge in [0, 0.05) is 22.4 Å². The number of nitrogens with one attached hydrogen (secondary N) is 1. The van der Waals surface area contributed by atoms with Crippen LogP contribution in [0.3, 0.4) is 0 Å². The fraction of sp³-hybridized carbons (Fsp3) is 0.333. The molecule has 1 aliphatic rings. The Hall–Kier alpha value is -1.63. The van der Waals surface area contributed by atoms with E-state index in [0.717, 1.165) is 29.0 Å². The van der Waals surface area contributed by atoms with Crippen LogP contribution in [0.1, 0.15) is 18.2 Å². The van der Waals surface area contributed by atoms with E-state index in [-0.39, 0.29) is 0 Å². The molecule has 1 aromatic carbocycles. The number of hydrogen-bond donors (Lipinski definition) is 2. The van der Waals surface area contributed by atoms with Gasteiger partial charge in [0.2, 0.25) is 0 Å². The Balaban J connectivity index is 1.98. The van der Waals surface area contributed by atoms with Gasteiger partial charge >= 0.3 is 0 Å². The summed E-state index contributed by atoms with van der Waals surface area (Å²) in [6.07, 6.45) is 0.795. The molecular formula is C15H18N4OS. The fourth-order valence-electron chi connectivity index (χ4n) is 2.35. The monoisotopic (exact) mass is 302 g/mol. The van der Waals surface area contributed by atoms with E-state index in [4.69, 9.17) is 10.6 Å². The molecule has 3 N–H and O–H groups in total. The number of anilines is 1. The van der Waals surface area contributed by atoms with Crippen molar-refractivity contribution in [2.75, 3.05) is 17.8 Å². The highest BCUT2D eigenvalue weighted by Gasteiger charge is 2.18. The van der Waals surface area contributed by atoms with Gasteiger partial charge in [-0.15, -0.1) is 11.8 Å². The van der Waals surface area contributed by atoms with Crippen molar-refractivity contribution in [1.82, 2.24) is 9.97 Å². The Morgan fingerprint density at radius 2 is 2.10 bits per heavy atom. The van der Waals surface area contributed by atoms with Crippen molar-refractivity contribution in [2.24, 2.45) is 5.84 Å². The Morgan fingerprint density at radius 3 is 2.81 bits per heavy atom. The molecule has 0 unspecified atom stereocenters. The summed E-state index contributed by atoms with van der Waals surface area (Å²) in [4.78, 5) is 10.4. The number of hydrazine groups is 1. The molecule has 6 heteroatoms. The standard InChI is InChI=1S/C15H18N4OS/c1-2-21-11-5-3-10(4-6-11)14-17-13-7-8-20-9-12(13)15(18-14)19-16/h3-6H,2,7-9,16H2,1H3,(H,17,18,19). The largest absolute Gasteiger partial charge is 0.376 e. The van der Waals surface area contributed by atoms with Crippen LogP contribution in [0.2, 0.25) is 0 Å². The van der Waals surface area contributed by atoms with Crippen molar-refractivity contribution in [3.63, 3.8) is 0 Å². The molecule has 110 valence electrons. The third-order valence-electron chi connectivity index (χ3n) is 3.38. The first-order valence-electron chi connectivity index (χ1n) is 6.99. The highest BCUT2D eigenvalue weighted by atomic mass is 32.2. The number of ether oxygens (including phenoxy) is 1. The molecule has 0 saturated heterocycles. The van der Waals surface area contributed by atoms with Crippen molar-refractivity contribution in [2.45, 2.75) is 24.8 Å². The van der Waals surface area contributed by atoms with E-state index in [9.17, 15) is 0 Å². The molecule has 0 aliphatic carbocycles. The molecule has 0 amide bonds. The summed E-state index contributed by atoms with van der Waals surface area (Å²) in [5.41, 5.74) is 5.65. The number of fused-ring (bicyclic) bond motifs is 1. The quantitative estimate of drug-likeness (QED) is 0.514. The maximum Gasteiger partial charge on any atom is 0.161 e. The van der Waals surface area contributed by atoms with Crippen LogP contribution in [-0.2, 0) is 17.8 Å². The van der Waals surface area contributed by atoms with Gasteiger partial charge in [-0.25, -0.2) is 15.8 Å². The van der Waals surface area contributed by atoms with Crippen LogP contribution in [0.5, 0.6) is 0 Å². The zero-order valence-corrected chi connectivity index (χ0v) is 12.7. The van der Waals surface area contributed by atoms with Gasteiger partial charge in [-0.3, -0.25) is 0 Å². The van der Waals surface area contributed by atoms with E-state index in [0.29, 0.717) is 24.9 Å². The number of hydrogen-bond acceptors (Lipinski definition) is 6. The van der Waals surface area contributed by atoms with Gasteiger partial charge in [-0.1, -0.05) is 19.1 Å². The second kappa shape index (κ2) is 6.43. The second-order valence-electron chi connectivity index (χ2n) is 4.73. The molecule has 21 heavy (non-hydrogen) atoms. The molecule has 0 fully saturated rings. The van der Waals surface area contributed by atoms with E-state index in [2.05, 4.69) is 46.6 Å². The van der Waals surface area contributed by atoms with E-state index in [1.807, 2.05) is 11.8 Å². The number of nitrogens with zero attached hydrogens (tertiary/aromatic N) is 2. The molecule has 0 spiro atoms. The molecule has 0 bridgehead atoms. The molecule has 2 heterocycles. The van der Waals surface area contributed by atoms with Gasteiger partial charge < -0.3 is 10.2 Å². The van der Waals surface area contributed by atoms with Crippen LogP contribution in [-0.4, -0.2) is 22.3 Å². The summed E-state index contributed by atoms with van der Waals surface area (Å²) >= 11 is 1.82. The maximum absolute atomic E-state index is 5.59. The molecule has 0 radical (unpaired) electrons. The first kappa shape index (κ1) is 14.3. The molecule has 1 aromatic heterocycles. The zero-order chi connectivity index (χ0) is 14.7. The summed E-state index contributed by atoms with van der Waals surface area (Å²) in [6.45, 7) is 3.35. The summed E-state index contributed by atoms with van der Waals surface area (Å²) in [7, 11) is 0. The van der Waals surface area contributed by atoms with Crippen molar-refractivity contribution < 1.29 is 4.74 Å². The van der Waals surface area contributed by atoms with Gasteiger partial charge in [0.25, 0.3) is 0 Å². The molecule has 2 aromatic rings. The lowest BCUT2D eigenvalue weighted by atomic mass is 10.1. The van der Waals surface area contributed by atoms with Crippen LogP contribution in [0.15, 0.2) is 29.2 Å². The minimum absolute atomic E-state index is 0.515. The number of rotatable bonds is 4. The molecule has 0 atom stereocenters. The van der Waals surface area contributed by atoms with E-state index >= 15 is 0 Å². The molecular weight excluding hydrogens is 284 g/mol. The van der Waals surface area contributed by atoms with Gasteiger partial charge in [0.05, 0.1) is 18.9 Å². The normalized spacial score (nSPS) is 13.8. The average molecular weight is 302 g/mol. The van der Waals surface area contributed by atoms with Crippen molar-refractivity contribution in [1.29, 1.82) is 0 Å². The summed E-state index contributed by atoms with van der Waals surface area (Å²) in [6, 6.07) is 8.31. The van der Waals surface area contributed by atoms with Crippen LogP contribution < -0.4 is 11.3 Å². The maximum atomic E-state index is 5.59. The summed E-state index contributed by atoms with van der Waals surface area (Å²) in [5.74, 6) is 8.01. The second-order valence-corrected chi connectivity index (χ2v) is 6.06. The van der Waals surface area contributed by atoms with E-state index in [1.54, 1.807) is 0 Å². The minimum Gasteiger partial charge on any atom is -0.376 e. The van der Waals surface area contributed by atoms with Gasteiger partial charge in [-0.05, 0) is 17.9 Å². The third-order valence-corrected chi connectivity index (χ3v) is 4.28. The predicted molar refractivity (Wildman–Crippen MR) is 85.0 cm³/mol. The molecule has 0 saturated carbocycles. The SMILES string of the molecule is CCSc1ccc(-c2nc3c(c(NN)n2)COCC3)cc1. The lowest BCUT2D eigenvalue weighted by Gasteiger charge is -2.19. The van der Waals surface area contributed by atoms with Crippen LogP contribution in [0, 0.1) is 0 Å². The van der Waals surface area contributed by atoms with Gasteiger partial charge in [0.1, 0.15) is 5.82 Å². The van der Waals surface area contributed by atoms with Gasteiger partial charge in [0.15, 0.2) is 5.82 Å². The van der Waals surface area contributed by atoms with Crippen molar-refractivity contribution in [3.05, 3.63) is 35.5 Å². The fourth-order valence-corrected chi connectivity index (χ4v) is 3.01. The molecule has 3 rings (SSSR count). The van der Waals surface area contributed by atoms with Crippen molar-refractivity contribution >= 4 is 17.6 Å². The van der Waals surface area contributed by atoms with E-state index in [1.165, 1.54) is 4.90 Å². The Labute approximate surface area is 128 Å². The first-order chi connectivity index (χ1) is 10.3. The number of aromatic nitrogens is 2. The first-order valence-corrected chi connectivity index (χ1v) is 7.97.